The molecule has 7 nitrogen and oxygen atoms in total. The van der Waals surface area contributed by atoms with E-state index in [1.165, 1.54) is 17.3 Å². The molecular weight excluding hydrogens is 458 g/mol. The van der Waals surface area contributed by atoms with Gasteiger partial charge in [0, 0.05) is 35.8 Å². The van der Waals surface area contributed by atoms with Crippen LogP contribution in [0.4, 0.5) is 0 Å². The van der Waals surface area contributed by atoms with E-state index in [1.807, 2.05) is 43.5 Å². The average Bonchev–Trinajstić information content (AvgIpc) is 3.64. The second-order valence-electron chi connectivity index (χ2n) is 9.12. The van der Waals surface area contributed by atoms with Crippen molar-refractivity contribution in [1.82, 2.24) is 25.1 Å². The van der Waals surface area contributed by atoms with E-state index in [9.17, 15) is 4.79 Å². The van der Waals surface area contributed by atoms with Crippen molar-refractivity contribution in [1.29, 1.82) is 0 Å². The number of H-pyrrole nitrogens is 1. The zero-order chi connectivity index (χ0) is 24.2. The van der Waals surface area contributed by atoms with Crippen molar-refractivity contribution in [3.05, 3.63) is 66.4 Å². The summed E-state index contributed by atoms with van der Waals surface area (Å²) < 4.78 is 8.05. The van der Waals surface area contributed by atoms with Gasteiger partial charge in [0.05, 0.1) is 17.9 Å². The van der Waals surface area contributed by atoms with Crippen LogP contribution >= 0.6 is 11.8 Å². The number of nitrogens with zero attached hydrogens (tertiary/aromatic N) is 3. The number of nitrogens with one attached hydrogen (secondary N) is 2. The number of rotatable bonds is 9. The summed E-state index contributed by atoms with van der Waals surface area (Å²) in [4.78, 5) is 16.3. The van der Waals surface area contributed by atoms with Gasteiger partial charge < -0.3 is 15.0 Å². The molecule has 1 aliphatic heterocycles. The lowest BCUT2D eigenvalue weighted by atomic mass is 10.0. The molecule has 2 aromatic carbocycles. The van der Waals surface area contributed by atoms with Gasteiger partial charge in [-0.15, -0.1) is 10.2 Å². The lowest BCUT2D eigenvalue weighted by Gasteiger charge is -2.17. The Kier molecular flexibility index (Phi) is 7.20. The van der Waals surface area contributed by atoms with Crippen LogP contribution in [-0.4, -0.2) is 50.2 Å². The number of hydrogen-bond acceptors (Lipinski definition) is 5. The first-order valence-electron chi connectivity index (χ1n) is 12.2. The van der Waals surface area contributed by atoms with Crippen LogP contribution in [0.3, 0.4) is 0 Å². The number of amides is 1. The maximum absolute atomic E-state index is 12.9. The second-order valence-corrected chi connectivity index (χ2v) is 10.4. The van der Waals surface area contributed by atoms with Gasteiger partial charge in [0.15, 0.2) is 11.0 Å². The van der Waals surface area contributed by atoms with Gasteiger partial charge in [0.1, 0.15) is 0 Å². The van der Waals surface area contributed by atoms with Gasteiger partial charge in [-0.2, -0.15) is 0 Å². The van der Waals surface area contributed by atoms with Crippen LogP contribution in [-0.2, 0) is 16.1 Å². The molecule has 3 unspecified atom stereocenters. The SMILES string of the molecule is CC(Sc1nnc(-c2c[nH]c3ccccc23)n1CC1CCCO1)C(=O)NCC(C)c1ccccc1. The molecule has 8 heteroatoms. The molecule has 182 valence electrons. The number of ether oxygens (including phenoxy) is 1. The molecule has 0 aliphatic carbocycles. The average molecular weight is 490 g/mol. The first-order chi connectivity index (χ1) is 17.1. The molecule has 2 N–H and O–H groups in total. The molecular formula is C27H31N5O2S. The predicted octanol–water partition coefficient (Wildman–Crippen LogP) is 5.01. The molecule has 0 spiro atoms. The Labute approximate surface area is 209 Å². The molecule has 1 fully saturated rings. The number of thioether (sulfide) groups is 1. The fourth-order valence-electron chi connectivity index (χ4n) is 4.50. The molecule has 3 heterocycles. The van der Waals surface area contributed by atoms with Gasteiger partial charge >= 0.3 is 0 Å². The van der Waals surface area contributed by atoms with Crippen molar-refractivity contribution in [3.63, 3.8) is 0 Å². The van der Waals surface area contributed by atoms with E-state index in [1.54, 1.807) is 0 Å². The number of hydrogen-bond donors (Lipinski definition) is 2. The Bertz CT molecular complexity index is 1280. The van der Waals surface area contributed by atoms with Crippen molar-refractivity contribution < 1.29 is 9.53 Å². The summed E-state index contributed by atoms with van der Waals surface area (Å²) >= 11 is 1.44. The summed E-state index contributed by atoms with van der Waals surface area (Å²) in [6, 6.07) is 18.4. The summed E-state index contributed by atoms with van der Waals surface area (Å²) in [7, 11) is 0. The molecule has 1 amide bonds. The highest BCUT2D eigenvalue weighted by Gasteiger charge is 2.25. The minimum Gasteiger partial charge on any atom is -0.376 e. The fourth-order valence-corrected chi connectivity index (χ4v) is 5.38. The van der Waals surface area contributed by atoms with E-state index in [-0.39, 0.29) is 23.2 Å². The molecule has 2 aromatic heterocycles. The Morgan fingerprint density at radius 1 is 1.17 bits per heavy atom. The highest BCUT2D eigenvalue weighted by Crippen LogP contribution is 2.32. The molecule has 3 atom stereocenters. The van der Waals surface area contributed by atoms with E-state index in [2.05, 4.69) is 56.3 Å². The third kappa shape index (κ3) is 5.28. The van der Waals surface area contributed by atoms with Crippen LogP contribution in [0.15, 0.2) is 66.0 Å². The van der Waals surface area contributed by atoms with Gasteiger partial charge in [-0.3, -0.25) is 9.36 Å². The molecule has 5 rings (SSSR count). The zero-order valence-electron chi connectivity index (χ0n) is 20.1. The summed E-state index contributed by atoms with van der Waals surface area (Å²) in [5, 5.41) is 13.7. The lowest BCUT2D eigenvalue weighted by molar-refractivity contribution is -0.120. The van der Waals surface area contributed by atoms with Crippen LogP contribution in [0.5, 0.6) is 0 Å². The normalized spacial score (nSPS) is 17.5. The van der Waals surface area contributed by atoms with Gasteiger partial charge in [0.25, 0.3) is 0 Å². The number of carbonyl (C=O) groups is 1. The topological polar surface area (TPSA) is 84.8 Å². The monoisotopic (exact) mass is 489 g/mol. The molecule has 35 heavy (non-hydrogen) atoms. The number of aromatic nitrogens is 4. The first-order valence-corrected chi connectivity index (χ1v) is 13.1. The highest BCUT2D eigenvalue weighted by atomic mass is 32.2. The van der Waals surface area contributed by atoms with Crippen LogP contribution < -0.4 is 5.32 Å². The van der Waals surface area contributed by atoms with E-state index < -0.39 is 0 Å². The largest absolute Gasteiger partial charge is 0.376 e. The third-order valence-electron chi connectivity index (χ3n) is 6.56. The number of aromatic amines is 1. The van der Waals surface area contributed by atoms with E-state index >= 15 is 0 Å². The summed E-state index contributed by atoms with van der Waals surface area (Å²) in [6.45, 7) is 6.10. The van der Waals surface area contributed by atoms with Crippen molar-refractivity contribution in [3.8, 4) is 11.4 Å². The van der Waals surface area contributed by atoms with Crippen molar-refractivity contribution >= 4 is 28.6 Å². The Balaban J connectivity index is 1.33. The second kappa shape index (κ2) is 10.7. The highest BCUT2D eigenvalue weighted by molar-refractivity contribution is 8.00. The van der Waals surface area contributed by atoms with Crippen molar-refractivity contribution in [2.75, 3.05) is 13.2 Å². The fraction of sp³-hybridized carbons (Fsp3) is 0.370. The van der Waals surface area contributed by atoms with Crippen LogP contribution in [0.2, 0.25) is 0 Å². The van der Waals surface area contributed by atoms with Gasteiger partial charge in [-0.05, 0) is 37.3 Å². The number of fused-ring (bicyclic) bond motifs is 1. The maximum atomic E-state index is 12.9. The van der Waals surface area contributed by atoms with Crippen molar-refractivity contribution in [2.24, 2.45) is 0 Å². The number of benzene rings is 2. The van der Waals surface area contributed by atoms with Crippen LogP contribution in [0.25, 0.3) is 22.3 Å². The Hall–Kier alpha value is -3.10. The molecule has 1 saturated heterocycles. The van der Waals surface area contributed by atoms with Gasteiger partial charge in [-0.25, -0.2) is 0 Å². The van der Waals surface area contributed by atoms with E-state index in [0.29, 0.717) is 13.1 Å². The molecule has 0 saturated carbocycles. The van der Waals surface area contributed by atoms with E-state index in [4.69, 9.17) is 4.74 Å². The number of para-hydroxylation sites is 1. The van der Waals surface area contributed by atoms with Crippen LogP contribution in [0, 0.1) is 0 Å². The molecule has 0 bridgehead atoms. The standard InChI is InChI=1S/C27H31N5O2S/c1-18(20-9-4-3-5-10-20)15-29-26(33)19(2)35-27-31-30-25(32(27)17-21-11-8-14-34-21)23-16-28-24-13-7-6-12-22(23)24/h3-7,9-10,12-13,16,18-19,21,28H,8,11,14-15,17H2,1-2H3,(H,29,33). The predicted molar refractivity (Wildman–Crippen MR) is 139 cm³/mol. The zero-order valence-corrected chi connectivity index (χ0v) is 20.9. The summed E-state index contributed by atoms with van der Waals surface area (Å²) in [6.07, 6.45) is 4.19. The first kappa shape index (κ1) is 23.6. The molecule has 4 aromatic rings. The molecule has 0 radical (unpaired) electrons. The van der Waals surface area contributed by atoms with Crippen molar-refractivity contribution in [2.45, 2.75) is 55.7 Å². The van der Waals surface area contributed by atoms with E-state index in [0.717, 1.165) is 46.9 Å². The summed E-state index contributed by atoms with van der Waals surface area (Å²) in [5.41, 5.74) is 3.28. The van der Waals surface area contributed by atoms with Crippen LogP contribution in [0.1, 0.15) is 38.2 Å². The quantitative estimate of drug-likeness (QED) is 0.323. The lowest BCUT2D eigenvalue weighted by Crippen LogP contribution is -2.33. The Morgan fingerprint density at radius 2 is 1.97 bits per heavy atom. The Morgan fingerprint density at radius 3 is 2.77 bits per heavy atom. The summed E-state index contributed by atoms with van der Waals surface area (Å²) in [5.74, 6) is 1.04. The third-order valence-corrected chi connectivity index (χ3v) is 7.64. The smallest absolute Gasteiger partial charge is 0.233 e. The van der Waals surface area contributed by atoms with Gasteiger partial charge in [-0.1, -0.05) is 67.2 Å². The minimum absolute atomic E-state index is 0.00177. The maximum Gasteiger partial charge on any atom is 0.233 e. The van der Waals surface area contributed by atoms with Gasteiger partial charge in [0.2, 0.25) is 5.91 Å². The minimum atomic E-state index is -0.304. The number of carbonyl (C=O) groups excluding carboxylic acids is 1. The molecule has 1 aliphatic rings.